The third-order valence-electron chi connectivity index (χ3n) is 7.70. The van der Waals surface area contributed by atoms with Crippen molar-refractivity contribution in [2.24, 2.45) is 35.5 Å². The van der Waals surface area contributed by atoms with E-state index < -0.39 is 5.97 Å². The lowest BCUT2D eigenvalue weighted by Crippen LogP contribution is -2.40. The molecular weight excluding hydrogens is 432 g/mol. The van der Waals surface area contributed by atoms with Crippen molar-refractivity contribution < 1.29 is 23.9 Å². The lowest BCUT2D eigenvalue weighted by Gasteiger charge is -2.37. The Morgan fingerprint density at radius 2 is 1.44 bits per heavy atom. The molecule has 2 saturated carbocycles. The molecule has 2 bridgehead atoms. The third-order valence-corrected chi connectivity index (χ3v) is 7.70. The summed E-state index contributed by atoms with van der Waals surface area (Å²) in [5.74, 6) is 0.0307. The maximum Gasteiger partial charge on any atom is 0.338 e. The van der Waals surface area contributed by atoms with Gasteiger partial charge in [0.25, 0.3) is 5.91 Å². The molecule has 7 nitrogen and oxygen atoms in total. The molecule has 5 aliphatic rings. The predicted molar refractivity (Wildman–Crippen MR) is 124 cm³/mol. The Balaban J connectivity index is 1.16. The van der Waals surface area contributed by atoms with E-state index in [9.17, 15) is 19.2 Å². The topological polar surface area (TPSA) is 92.8 Å². The number of anilines is 2. The van der Waals surface area contributed by atoms with Crippen LogP contribution in [0.25, 0.3) is 0 Å². The van der Waals surface area contributed by atoms with E-state index in [1.165, 1.54) is 4.90 Å². The largest absolute Gasteiger partial charge is 0.462 e. The molecule has 2 aromatic carbocycles. The lowest BCUT2D eigenvalue weighted by molar-refractivity contribution is -0.124. The van der Waals surface area contributed by atoms with Gasteiger partial charge in [-0.25, -0.2) is 4.79 Å². The Morgan fingerprint density at radius 3 is 2.00 bits per heavy atom. The molecule has 172 valence electrons. The van der Waals surface area contributed by atoms with Crippen LogP contribution in [0, 0.1) is 35.5 Å². The van der Waals surface area contributed by atoms with Crippen molar-refractivity contribution in [3.8, 4) is 0 Å². The Bertz CT molecular complexity index is 1200. The molecule has 7 rings (SSSR count). The fourth-order valence-corrected chi connectivity index (χ4v) is 6.08. The van der Waals surface area contributed by atoms with Crippen molar-refractivity contribution >= 4 is 35.1 Å². The van der Waals surface area contributed by atoms with Gasteiger partial charge in [0.1, 0.15) is 0 Å². The summed E-state index contributed by atoms with van der Waals surface area (Å²) < 4.78 is 4.96. The minimum atomic E-state index is -0.414. The number of allylic oxidation sites excluding steroid dienone is 2. The summed E-state index contributed by atoms with van der Waals surface area (Å²) in [7, 11) is 0. The van der Waals surface area contributed by atoms with Crippen molar-refractivity contribution in [3.05, 3.63) is 71.8 Å². The maximum absolute atomic E-state index is 13.2. The van der Waals surface area contributed by atoms with Crippen LogP contribution in [0.5, 0.6) is 0 Å². The van der Waals surface area contributed by atoms with Gasteiger partial charge in [0.2, 0.25) is 11.8 Å². The summed E-state index contributed by atoms with van der Waals surface area (Å²) in [5.41, 5.74) is 1.86. The number of benzene rings is 2. The van der Waals surface area contributed by atoms with Gasteiger partial charge in [-0.2, -0.15) is 0 Å². The molecule has 1 heterocycles. The second kappa shape index (κ2) is 7.65. The monoisotopic (exact) mass is 456 g/mol. The average molecular weight is 456 g/mol. The molecule has 0 unspecified atom stereocenters. The Labute approximate surface area is 196 Å². The van der Waals surface area contributed by atoms with Crippen molar-refractivity contribution in [3.63, 3.8) is 0 Å². The highest BCUT2D eigenvalue weighted by atomic mass is 16.5. The first kappa shape index (κ1) is 20.8. The van der Waals surface area contributed by atoms with Crippen LogP contribution in [0.15, 0.2) is 60.7 Å². The van der Waals surface area contributed by atoms with Gasteiger partial charge in [0.05, 0.1) is 29.7 Å². The lowest BCUT2D eigenvalue weighted by atomic mass is 9.63. The van der Waals surface area contributed by atoms with E-state index >= 15 is 0 Å². The Kier molecular flexibility index (Phi) is 4.69. The van der Waals surface area contributed by atoms with E-state index in [-0.39, 0.29) is 41.4 Å². The van der Waals surface area contributed by atoms with E-state index in [0.29, 0.717) is 40.9 Å². The highest BCUT2D eigenvalue weighted by Gasteiger charge is 2.67. The SMILES string of the molecule is CCOC(=O)c1ccc(NC(=O)c2ccc(N3C(=O)[C@@H]4[C@H]5C=C[C@@H]([C@@H]6C[C@H]56)[C@@H]4C3=O)cc2)cc1. The molecule has 3 fully saturated rings. The van der Waals surface area contributed by atoms with Gasteiger partial charge in [-0.1, -0.05) is 12.2 Å². The normalized spacial score (nSPS) is 30.1. The molecule has 0 aromatic heterocycles. The first-order valence-corrected chi connectivity index (χ1v) is 11.7. The van der Waals surface area contributed by atoms with Crippen molar-refractivity contribution in [2.45, 2.75) is 13.3 Å². The van der Waals surface area contributed by atoms with Crippen LogP contribution in [0.2, 0.25) is 0 Å². The molecule has 4 aliphatic carbocycles. The number of amides is 3. The second-order valence-corrected chi connectivity index (χ2v) is 9.47. The molecular formula is C27H24N2O5. The standard InChI is InChI=1S/C27H24N2O5/c1-2-34-27(33)15-3-7-16(8-4-15)28-24(30)14-5-9-17(10-6-14)29-25(31)22-18-11-12-19(21-13-20(18)21)23(22)26(29)32/h3-12,18-23H,2,13H2,1H3,(H,28,30)/t18-,19-,20-,21+,22-,23+/m0/s1. The van der Waals surface area contributed by atoms with Crippen molar-refractivity contribution in [1.82, 2.24) is 0 Å². The van der Waals surface area contributed by atoms with Crippen molar-refractivity contribution in [2.75, 3.05) is 16.8 Å². The van der Waals surface area contributed by atoms with Gasteiger partial charge in [-0.15, -0.1) is 0 Å². The van der Waals surface area contributed by atoms with E-state index in [2.05, 4.69) is 17.5 Å². The minimum absolute atomic E-state index is 0.112. The maximum atomic E-state index is 13.2. The van der Waals surface area contributed by atoms with Gasteiger partial charge < -0.3 is 10.1 Å². The molecule has 1 N–H and O–H groups in total. The molecule has 0 radical (unpaired) electrons. The number of hydrogen-bond donors (Lipinski definition) is 1. The zero-order valence-electron chi connectivity index (χ0n) is 18.6. The highest BCUT2D eigenvalue weighted by molar-refractivity contribution is 6.22. The van der Waals surface area contributed by atoms with E-state index in [4.69, 9.17) is 4.74 Å². The predicted octanol–water partition coefficient (Wildman–Crippen LogP) is 3.67. The summed E-state index contributed by atoms with van der Waals surface area (Å²) in [6.07, 6.45) is 5.44. The molecule has 2 aromatic rings. The van der Waals surface area contributed by atoms with Crippen LogP contribution in [-0.2, 0) is 14.3 Å². The molecule has 6 atom stereocenters. The summed E-state index contributed by atoms with van der Waals surface area (Å²) >= 11 is 0. The van der Waals surface area contributed by atoms with Gasteiger partial charge >= 0.3 is 5.97 Å². The Morgan fingerprint density at radius 1 is 0.882 bits per heavy atom. The van der Waals surface area contributed by atoms with Crippen LogP contribution in [-0.4, -0.2) is 30.3 Å². The summed E-state index contributed by atoms with van der Waals surface area (Å²) in [5, 5.41) is 2.79. The number of carbonyl (C=O) groups excluding carboxylic acids is 4. The molecule has 7 heteroatoms. The number of carbonyl (C=O) groups is 4. The van der Waals surface area contributed by atoms with Crippen LogP contribution in [0.1, 0.15) is 34.1 Å². The quantitative estimate of drug-likeness (QED) is 0.421. The molecule has 34 heavy (non-hydrogen) atoms. The van der Waals surface area contributed by atoms with Crippen LogP contribution in [0.4, 0.5) is 11.4 Å². The van der Waals surface area contributed by atoms with Gasteiger partial charge in [0.15, 0.2) is 0 Å². The number of nitrogens with zero attached hydrogens (tertiary/aromatic N) is 1. The summed E-state index contributed by atoms with van der Waals surface area (Å²) in [4.78, 5) is 52.2. The van der Waals surface area contributed by atoms with Crippen LogP contribution < -0.4 is 10.2 Å². The van der Waals surface area contributed by atoms with Gasteiger partial charge in [-0.05, 0) is 85.5 Å². The average Bonchev–Trinajstić information content (AvgIpc) is 3.63. The zero-order chi connectivity index (χ0) is 23.6. The molecule has 3 amide bonds. The Hall–Kier alpha value is -3.74. The van der Waals surface area contributed by atoms with Crippen LogP contribution >= 0.6 is 0 Å². The molecule has 0 spiro atoms. The van der Waals surface area contributed by atoms with Crippen LogP contribution in [0.3, 0.4) is 0 Å². The third kappa shape index (κ3) is 3.10. The minimum Gasteiger partial charge on any atom is -0.462 e. The highest BCUT2D eigenvalue weighted by Crippen LogP contribution is 2.65. The second-order valence-electron chi connectivity index (χ2n) is 9.47. The van der Waals surface area contributed by atoms with E-state index in [1.54, 1.807) is 55.5 Å². The number of rotatable bonds is 5. The number of ether oxygens (including phenoxy) is 1. The van der Waals surface area contributed by atoms with Crippen molar-refractivity contribution in [1.29, 1.82) is 0 Å². The molecule has 1 saturated heterocycles. The van der Waals surface area contributed by atoms with Gasteiger partial charge in [0, 0.05) is 11.3 Å². The summed E-state index contributed by atoms with van der Waals surface area (Å²) in [6, 6.07) is 13.0. The van der Waals surface area contributed by atoms with Gasteiger partial charge in [-0.3, -0.25) is 19.3 Å². The zero-order valence-corrected chi connectivity index (χ0v) is 18.6. The summed E-state index contributed by atoms with van der Waals surface area (Å²) in [6.45, 7) is 2.03. The number of esters is 1. The molecule has 1 aliphatic heterocycles. The van der Waals surface area contributed by atoms with E-state index in [1.807, 2.05) is 0 Å². The van der Waals surface area contributed by atoms with E-state index in [0.717, 1.165) is 6.42 Å². The fourth-order valence-electron chi connectivity index (χ4n) is 6.08. The number of hydrogen-bond acceptors (Lipinski definition) is 5. The number of nitrogens with one attached hydrogen (secondary N) is 1. The smallest absolute Gasteiger partial charge is 0.338 e. The first-order chi connectivity index (χ1) is 16.5. The fraction of sp³-hybridized carbons (Fsp3) is 0.333. The first-order valence-electron chi connectivity index (χ1n) is 11.7. The number of imide groups is 1.